The SMILES string of the molecule is COc1ccc(-c2c3c(cn2C)C(=O)C=C(N(C)c2ccccc2)C3=O)cc1OC. The molecule has 0 saturated heterocycles. The molecule has 0 radical (unpaired) electrons. The number of para-hydroxylation sites is 1. The third kappa shape index (κ3) is 3.06. The van der Waals surface area contributed by atoms with Crippen LogP contribution < -0.4 is 14.4 Å². The monoisotopic (exact) mass is 402 g/mol. The molecular formula is C24H22N2O4. The number of carbonyl (C=O) groups is 2. The van der Waals surface area contributed by atoms with Crippen LogP contribution in [0.1, 0.15) is 20.7 Å². The van der Waals surface area contributed by atoms with Crippen LogP contribution in [0.2, 0.25) is 0 Å². The van der Waals surface area contributed by atoms with E-state index < -0.39 is 0 Å². The first-order valence-electron chi connectivity index (χ1n) is 9.47. The van der Waals surface area contributed by atoms with Gasteiger partial charge in [-0.2, -0.15) is 0 Å². The Kier molecular flexibility index (Phi) is 4.91. The van der Waals surface area contributed by atoms with Crippen LogP contribution >= 0.6 is 0 Å². The van der Waals surface area contributed by atoms with Gasteiger partial charge in [0.15, 0.2) is 17.3 Å². The number of Topliss-reactive ketones (excluding diaryl/α,β-unsaturated/α-hetero) is 1. The fraction of sp³-hybridized carbons (Fsp3) is 0.167. The van der Waals surface area contributed by atoms with E-state index in [0.29, 0.717) is 34.0 Å². The lowest BCUT2D eigenvalue weighted by Crippen LogP contribution is -2.28. The summed E-state index contributed by atoms with van der Waals surface area (Å²) >= 11 is 0. The molecule has 0 bridgehead atoms. The maximum atomic E-state index is 13.5. The molecule has 0 atom stereocenters. The lowest BCUT2D eigenvalue weighted by molar-refractivity contribution is 0.0984. The highest BCUT2D eigenvalue weighted by molar-refractivity contribution is 6.27. The van der Waals surface area contributed by atoms with Gasteiger partial charge in [0.25, 0.3) is 0 Å². The van der Waals surface area contributed by atoms with Gasteiger partial charge in [-0.05, 0) is 30.3 Å². The average Bonchev–Trinajstić information content (AvgIpc) is 3.13. The maximum absolute atomic E-state index is 13.5. The Labute approximate surface area is 174 Å². The summed E-state index contributed by atoms with van der Waals surface area (Å²) in [5, 5.41) is 0. The van der Waals surface area contributed by atoms with Gasteiger partial charge in [-0.25, -0.2) is 0 Å². The molecule has 30 heavy (non-hydrogen) atoms. The van der Waals surface area contributed by atoms with Crippen LogP contribution in [0.4, 0.5) is 5.69 Å². The fourth-order valence-corrected chi connectivity index (χ4v) is 3.81. The van der Waals surface area contributed by atoms with Gasteiger partial charge >= 0.3 is 0 Å². The summed E-state index contributed by atoms with van der Waals surface area (Å²) < 4.78 is 12.5. The van der Waals surface area contributed by atoms with Gasteiger partial charge in [0.1, 0.15) is 0 Å². The van der Waals surface area contributed by atoms with Gasteiger partial charge in [-0.1, -0.05) is 18.2 Å². The van der Waals surface area contributed by atoms with Gasteiger partial charge in [0.05, 0.1) is 36.7 Å². The number of hydrogen-bond acceptors (Lipinski definition) is 5. The third-order valence-electron chi connectivity index (χ3n) is 5.34. The molecule has 0 unspecified atom stereocenters. The predicted octanol–water partition coefficient (Wildman–Crippen LogP) is 4.11. The topological polar surface area (TPSA) is 60.8 Å². The smallest absolute Gasteiger partial charge is 0.212 e. The Morgan fingerprint density at radius 1 is 0.933 bits per heavy atom. The summed E-state index contributed by atoms with van der Waals surface area (Å²) in [6.45, 7) is 0. The van der Waals surface area contributed by atoms with Crippen molar-refractivity contribution in [2.75, 3.05) is 26.2 Å². The number of benzene rings is 2. The number of allylic oxidation sites excluding steroid dienone is 2. The molecule has 0 saturated carbocycles. The molecule has 6 nitrogen and oxygen atoms in total. The van der Waals surface area contributed by atoms with Crippen molar-refractivity contribution in [3.63, 3.8) is 0 Å². The van der Waals surface area contributed by atoms with Crippen LogP contribution in [0.5, 0.6) is 11.5 Å². The summed E-state index contributed by atoms with van der Waals surface area (Å²) in [6, 6.07) is 14.9. The Bertz CT molecular complexity index is 1180. The second kappa shape index (κ2) is 7.55. The van der Waals surface area contributed by atoms with Crippen LogP contribution in [0.25, 0.3) is 11.3 Å². The number of carbonyl (C=O) groups excluding carboxylic acids is 2. The first-order valence-corrected chi connectivity index (χ1v) is 9.47. The van der Waals surface area contributed by atoms with E-state index in [-0.39, 0.29) is 11.6 Å². The number of hydrogen-bond donors (Lipinski definition) is 0. The van der Waals surface area contributed by atoms with Crippen molar-refractivity contribution in [3.8, 4) is 22.8 Å². The number of methoxy groups -OCH3 is 2. The van der Waals surface area contributed by atoms with Crippen molar-refractivity contribution in [1.82, 2.24) is 4.57 Å². The Hall–Kier alpha value is -3.80. The number of aryl methyl sites for hydroxylation is 1. The number of ketones is 2. The molecule has 0 amide bonds. The van der Waals surface area contributed by atoms with E-state index in [1.807, 2.05) is 49.5 Å². The van der Waals surface area contributed by atoms with E-state index in [2.05, 4.69) is 0 Å². The normalized spacial score (nSPS) is 13.0. The van der Waals surface area contributed by atoms with Gasteiger partial charge in [-0.15, -0.1) is 0 Å². The molecule has 0 N–H and O–H groups in total. The van der Waals surface area contributed by atoms with E-state index in [1.54, 1.807) is 43.0 Å². The summed E-state index contributed by atoms with van der Waals surface area (Å²) in [4.78, 5) is 28.2. The maximum Gasteiger partial charge on any atom is 0.212 e. The van der Waals surface area contributed by atoms with Crippen molar-refractivity contribution >= 4 is 17.3 Å². The van der Waals surface area contributed by atoms with Crippen LogP contribution in [0.15, 0.2) is 66.5 Å². The molecule has 4 rings (SSSR count). The van der Waals surface area contributed by atoms with Crippen molar-refractivity contribution in [1.29, 1.82) is 0 Å². The second-order valence-electron chi connectivity index (χ2n) is 7.06. The van der Waals surface area contributed by atoms with Crippen LogP contribution in [0.3, 0.4) is 0 Å². The highest BCUT2D eigenvalue weighted by Crippen LogP contribution is 2.38. The van der Waals surface area contributed by atoms with Crippen molar-refractivity contribution in [3.05, 3.63) is 77.6 Å². The van der Waals surface area contributed by atoms with Crippen LogP contribution in [-0.2, 0) is 7.05 Å². The van der Waals surface area contributed by atoms with E-state index >= 15 is 0 Å². The lowest BCUT2D eigenvalue weighted by Gasteiger charge is -2.24. The fourth-order valence-electron chi connectivity index (χ4n) is 3.81. The molecule has 152 valence electrons. The summed E-state index contributed by atoms with van der Waals surface area (Å²) in [6.07, 6.45) is 3.12. The first kappa shape index (κ1) is 19.5. The number of likely N-dealkylation sites (N-methyl/N-ethyl adjacent to an activating group) is 1. The number of nitrogens with zero attached hydrogens (tertiary/aromatic N) is 2. The molecule has 0 spiro atoms. The highest BCUT2D eigenvalue weighted by atomic mass is 16.5. The van der Waals surface area contributed by atoms with Crippen LogP contribution in [0, 0.1) is 0 Å². The van der Waals surface area contributed by atoms with E-state index in [9.17, 15) is 9.59 Å². The van der Waals surface area contributed by atoms with E-state index in [4.69, 9.17) is 9.47 Å². The number of fused-ring (bicyclic) bond motifs is 1. The molecular weight excluding hydrogens is 380 g/mol. The molecule has 1 heterocycles. The lowest BCUT2D eigenvalue weighted by atomic mass is 9.91. The molecule has 2 aromatic carbocycles. The largest absolute Gasteiger partial charge is 0.493 e. The van der Waals surface area contributed by atoms with Gasteiger partial charge < -0.3 is 18.9 Å². The van der Waals surface area contributed by atoms with Gasteiger partial charge in [-0.3, -0.25) is 9.59 Å². The molecule has 1 aliphatic rings. The Balaban J connectivity index is 1.84. The Morgan fingerprint density at radius 3 is 2.30 bits per heavy atom. The zero-order valence-corrected chi connectivity index (χ0v) is 17.3. The molecule has 0 fully saturated rings. The molecule has 0 aliphatic heterocycles. The van der Waals surface area contributed by atoms with E-state index in [1.165, 1.54) is 6.08 Å². The summed E-state index contributed by atoms with van der Waals surface area (Å²) in [5.41, 5.74) is 3.40. The number of aromatic nitrogens is 1. The Morgan fingerprint density at radius 2 is 1.63 bits per heavy atom. The van der Waals surface area contributed by atoms with Gasteiger partial charge in [0, 0.05) is 37.6 Å². The molecule has 1 aromatic heterocycles. The van der Waals surface area contributed by atoms with Crippen LogP contribution in [-0.4, -0.2) is 37.4 Å². The molecule has 3 aromatic rings. The zero-order valence-electron chi connectivity index (χ0n) is 17.3. The van der Waals surface area contributed by atoms with Crippen molar-refractivity contribution < 1.29 is 19.1 Å². The van der Waals surface area contributed by atoms with Crippen molar-refractivity contribution in [2.45, 2.75) is 0 Å². The van der Waals surface area contributed by atoms with E-state index in [0.717, 1.165) is 11.3 Å². The predicted molar refractivity (Wildman–Crippen MR) is 116 cm³/mol. The standard InChI is InChI=1S/C24H22N2O4/c1-25-14-17-19(27)13-18(26(2)16-8-6-5-7-9-16)24(28)22(17)23(25)15-10-11-20(29-3)21(12-15)30-4/h5-14H,1-4H3. The molecule has 6 heteroatoms. The minimum absolute atomic E-state index is 0.190. The third-order valence-corrected chi connectivity index (χ3v) is 5.34. The second-order valence-corrected chi connectivity index (χ2v) is 7.06. The minimum atomic E-state index is -0.193. The zero-order chi connectivity index (χ0) is 21.4. The number of anilines is 1. The molecule has 1 aliphatic carbocycles. The summed E-state index contributed by atoms with van der Waals surface area (Å²) in [7, 11) is 6.74. The highest BCUT2D eigenvalue weighted by Gasteiger charge is 2.33. The number of ether oxygens (including phenoxy) is 2. The quantitative estimate of drug-likeness (QED) is 0.643. The number of rotatable bonds is 5. The minimum Gasteiger partial charge on any atom is -0.493 e. The van der Waals surface area contributed by atoms with Gasteiger partial charge in [0.2, 0.25) is 5.78 Å². The average molecular weight is 402 g/mol. The van der Waals surface area contributed by atoms with Crippen molar-refractivity contribution in [2.24, 2.45) is 7.05 Å². The first-order chi connectivity index (χ1) is 14.5. The summed E-state index contributed by atoms with van der Waals surface area (Å²) in [5.74, 6) is 0.763.